The lowest BCUT2D eigenvalue weighted by molar-refractivity contribution is -0.122. The maximum Gasteiger partial charge on any atom is 0.290 e. The number of hydrogen-bond acceptors (Lipinski definition) is 4. The number of pyridine rings is 1. The maximum absolute atomic E-state index is 14.5. The highest BCUT2D eigenvalue weighted by Gasteiger charge is 2.27. The molecule has 1 aliphatic heterocycles. The second-order valence-corrected chi connectivity index (χ2v) is 7.52. The quantitative estimate of drug-likeness (QED) is 0.506. The van der Waals surface area contributed by atoms with Crippen molar-refractivity contribution < 1.29 is 27.9 Å². The van der Waals surface area contributed by atoms with Crippen LogP contribution < -0.4 is 10.2 Å². The Balaban J connectivity index is 0.000000968. The Morgan fingerprint density at radius 3 is 2.48 bits per heavy atom. The van der Waals surface area contributed by atoms with Crippen molar-refractivity contribution in [2.45, 2.75) is 12.6 Å². The molecule has 0 bridgehead atoms. The third kappa shape index (κ3) is 5.81. The summed E-state index contributed by atoms with van der Waals surface area (Å²) in [5.74, 6) is -1.45. The van der Waals surface area contributed by atoms with Crippen LogP contribution in [-0.4, -0.2) is 41.7 Å². The maximum atomic E-state index is 14.5. The van der Waals surface area contributed by atoms with E-state index in [1.807, 2.05) is 0 Å². The Morgan fingerprint density at radius 1 is 1.15 bits per heavy atom. The summed E-state index contributed by atoms with van der Waals surface area (Å²) in [6, 6.07) is 10.8. The molecule has 1 aromatic heterocycles. The van der Waals surface area contributed by atoms with E-state index in [9.17, 15) is 18.0 Å². The van der Waals surface area contributed by atoms with Crippen molar-refractivity contribution in [1.82, 2.24) is 4.98 Å². The number of halogens is 4. The summed E-state index contributed by atoms with van der Waals surface area (Å²) < 4.78 is 42.2. The molecule has 0 spiro atoms. The van der Waals surface area contributed by atoms with Crippen molar-refractivity contribution in [3.8, 4) is 11.1 Å². The van der Waals surface area contributed by atoms with Crippen LogP contribution in [-0.2, 0) is 4.79 Å². The molecule has 0 aliphatic carbocycles. The minimum absolute atomic E-state index is 0.0268. The molecule has 4 rings (SSSR count). The Kier molecular flexibility index (Phi) is 7.89. The molecule has 172 valence electrons. The number of rotatable bonds is 4. The molecule has 0 saturated carbocycles. The number of aromatic nitrogens is 1. The van der Waals surface area contributed by atoms with Gasteiger partial charge in [-0.3, -0.25) is 9.59 Å². The average molecular weight is 478 g/mol. The smallest absolute Gasteiger partial charge is 0.290 e. The normalized spacial score (nSPS) is 14.9. The van der Waals surface area contributed by atoms with E-state index in [0.717, 1.165) is 18.2 Å². The van der Waals surface area contributed by atoms with Crippen LogP contribution in [0.15, 0.2) is 54.7 Å². The highest BCUT2D eigenvalue weighted by atomic mass is 35.5. The first-order valence-corrected chi connectivity index (χ1v) is 10.2. The van der Waals surface area contributed by atoms with Gasteiger partial charge >= 0.3 is 0 Å². The van der Waals surface area contributed by atoms with Gasteiger partial charge in [0.25, 0.3) is 12.4 Å². The van der Waals surface area contributed by atoms with Crippen molar-refractivity contribution in [3.63, 3.8) is 0 Å². The van der Waals surface area contributed by atoms with Crippen LogP contribution in [0.3, 0.4) is 0 Å². The van der Waals surface area contributed by atoms with Gasteiger partial charge in [-0.25, -0.2) is 18.2 Å². The van der Waals surface area contributed by atoms with Gasteiger partial charge in [-0.1, -0.05) is 11.6 Å². The monoisotopic (exact) mass is 477 g/mol. The fourth-order valence-electron chi connectivity index (χ4n) is 3.44. The van der Waals surface area contributed by atoms with E-state index in [1.54, 1.807) is 29.2 Å². The third-order valence-electron chi connectivity index (χ3n) is 4.92. The second kappa shape index (κ2) is 10.8. The summed E-state index contributed by atoms with van der Waals surface area (Å²) >= 11 is 5.88. The van der Waals surface area contributed by atoms with Crippen LogP contribution in [0.5, 0.6) is 0 Å². The highest BCUT2D eigenvalue weighted by Crippen LogP contribution is 2.38. The van der Waals surface area contributed by atoms with E-state index >= 15 is 0 Å². The Morgan fingerprint density at radius 2 is 1.85 bits per heavy atom. The topological polar surface area (TPSA) is 82.5 Å². The minimum Gasteiger partial charge on any atom is -0.483 e. The molecule has 1 aliphatic rings. The summed E-state index contributed by atoms with van der Waals surface area (Å²) in [5, 5.41) is 10.1. The van der Waals surface area contributed by atoms with Crippen LogP contribution in [0.1, 0.15) is 16.8 Å². The van der Waals surface area contributed by atoms with Gasteiger partial charge in [0, 0.05) is 34.5 Å². The zero-order chi connectivity index (χ0) is 24.0. The molecule has 0 radical (unpaired) electrons. The largest absolute Gasteiger partial charge is 0.483 e. The number of alkyl halides is 1. The summed E-state index contributed by atoms with van der Waals surface area (Å²) in [7, 11) is 0. The van der Waals surface area contributed by atoms with Gasteiger partial charge in [-0.2, -0.15) is 0 Å². The number of carboxylic acid groups (broad SMARTS) is 1. The lowest BCUT2D eigenvalue weighted by atomic mass is 10.0. The number of hydrogen-bond donors (Lipinski definition) is 2. The summed E-state index contributed by atoms with van der Waals surface area (Å²) in [6.45, 7) is 0.249. The first-order chi connectivity index (χ1) is 15.8. The van der Waals surface area contributed by atoms with Crippen LogP contribution in [0.25, 0.3) is 11.1 Å². The first-order valence-electron chi connectivity index (χ1n) is 9.82. The van der Waals surface area contributed by atoms with E-state index in [-0.39, 0.29) is 29.8 Å². The first kappa shape index (κ1) is 24.1. The summed E-state index contributed by atoms with van der Waals surface area (Å²) in [4.78, 5) is 27.2. The van der Waals surface area contributed by atoms with Gasteiger partial charge in [0.05, 0.1) is 12.2 Å². The molecular weight excluding hydrogens is 459 g/mol. The lowest BCUT2D eigenvalue weighted by Crippen LogP contribution is -2.24. The van der Waals surface area contributed by atoms with E-state index in [0.29, 0.717) is 29.4 Å². The van der Waals surface area contributed by atoms with Gasteiger partial charge in [0.2, 0.25) is 0 Å². The van der Waals surface area contributed by atoms with Gasteiger partial charge < -0.3 is 15.3 Å². The number of carbonyl (C=O) groups excluding carboxylic acids is 1. The Bertz CT molecular complexity index is 1150. The molecule has 3 aromatic rings. The standard InChI is InChI=1S/C22H17ClF3N3O.CH2O2/c23-14-3-1-13(2-4-14)22(30)28-20-17(18-11-15(24)5-6-19(18)26)7-9-27-21(20)29-10-8-16(25)12-29;2-1-3/h1-7,9,11,16H,8,10,12H2,(H,28,30);1H,(H,2,3)/t16-;/m0./s1. The summed E-state index contributed by atoms with van der Waals surface area (Å²) in [6.07, 6.45) is 0.727. The molecule has 10 heteroatoms. The van der Waals surface area contributed by atoms with Crippen molar-refractivity contribution >= 4 is 35.5 Å². The zero-order valence-electron chi connectivity index (χ0n) is 17.1. The predicted molar refractivity (Wildman–Crippen MR) is 119 cm³/mol. The molecule has 1 atom stereocenters. The fraction of sp³-hybridized carbons (Fsp3) is 0.174. The third-order valence-corrected chi connectivity index (χ3v) is 5.18. The van der Waals surface area contributed by atoms with Gasteiger partial charge in [-0.05, 0) is 55.0 Å². The van der Waals surface area contributed by atoms with Crippen LogP contribution >= 0.6 is 11.6 Å². The van der Waals surface area contributed by atoms with E-state index in [4.69, 9.17) is 21.5 Å². The lowest BCUT2D eigenvalue weighted by Gasteiger charge is -2.23. The number of carbonyl (C=O) groups is 2. The number of amides is 1. The molecule has 2 heterocycles. The number of nitrogens with zero attached hydrogens (tertiary/aromatic N) is 2. The van der Waals surface area contributed by atoms with Crippen LogP contribution in [0.2, 0.25) is 5.02 Å². The zero-order valence-corrected chi connectivity index (χ0v) is 17.9. The number of nitrogens with one attached hydrogen (secondary N) is 1. The fourth-order valence-corrected chi connectivity index (χ4v) is 3.57. The molecule has 2 N–H and O–H groups in total. The Hall–Kier alpha value is -3.59. The molecule has 1 fully saturated rings. The molecule has 6 nitrogen and oxygen atoms in total. The van der Waals surface area contributed by atoms with Gasteiger partial charge in [0.1, 0.15) is 17.8 Å². The average Bonchev–Trinajstić information content (AvgIpc) is 3.22. The van der Waals surface area contributed by atoms with Crippen LogP contribution in [0, 0.1) is 11.6 Å². The number of anilines is 2. The predicted octanol–water partition coefficient (Wildman–Crippen LogP) is 5.18. The highest BCUT2D eigenvalue weighted by molar-refractivity contribution is 6.30. The minimum atomic E-state index is -1.03. The molecule has 2 aromatic carbocycles. The number of benzene rings is 2. The molecule has 33 heavy (non-hydrogen) atoms. The SMILES string of the molecule is O=C(Nc1c(-c2cc(F)ccc2F)ccnc1N1CC[C@H](F)C1)c1ccc(Cl)cc1.O=CO. The van der Waals surface area contributed by atoms with Crippen molar-refractivity contribution in [2.75, 3.05) is 23.3 Å². The van der Waals surface area contributed by atoms with Gasteiger partial charge in [-0.15, -0.1) is 0 Å². The van der Waals surface area contributed by atoms with E-state index < -0.39 is 23.7 Å². The Labute approximate surface area is 192 Å². The molecule has 1 saturated heterocycles. The van der Waals surface area contributed by atoms with Crippen molar-refractivity contribution in [3.05, 3.63) is 76.9 Å². The summed E-state index contributed by atoms with van der Waals surface area (Å²) in [5.41, 5.74) is 0.739. The molecular formula is C23H19ClF3N3O3. The second-order valence-electron chi connectivity index (χ2n) is 7.08. The van der Waals surface area contributed by atoms with E-state index in [2.05, 4.69) is 10.3 Å². The molecule has 0 unspecified atom stereocenters. The van der Waals surface area contributed by atoms with Crippen LogP contribution in [0.4, 0.5) is 24.7 Å². The van der Waals surface area contributed by atoms with Crippen molar-refractivity contribution in [1.29, 1.82) is 0 Å². The molecule has 1 amide bonds. The van der Waals surface area contributed by atoms with Gasteiger partial charge in [0.15, 0.2) is 5.82 Å². The van der Waals surface area contributed by atoms with Crippen molar-refractivity contribution in [2.24, 2.45) is 0 Å². The van der Waals surface area contributed by atoms with E-state index in [1.165, 1.54) is 12.3 Å².